The smallest absolute Gasteiger partial charge is 0.136 e. The van der Waals surface area contributed by atoms with Gasteiger partial charge in [-0.2, -0.15) is 0 Å². The summed E-state index contributed by atoms with van der Waals surface area (Å²) in [5, 5.41) is 3.55. The molecule has 1 aromatic rings. The van der Waals surface area contributed by atoms with Crippen molar-refractivity contribution in [2.75, 3.05) is 20.3 Å². The molecule has 0 aromatic heterocycles. The summed E-state index contributed by atoms with van der Waals surface area (Å²) < 4.78 is 12.0. The molecule has 0 aliphatic carbocycles. The molecule has 1 heterocycles. The second kappa shape index (κ2) is 6.55. The summed E-state index contributed by atoms with van der Waals surface area (Å²) in [6, 6.07) is 6.65. The van der Waals surface area contributed by atoms with Crippen molar-refractivity contribution in [1.82, 2.24) is 5.32 Å². The number of halogens is 1. The maximum atomic E-state index is 5.54. The van der Waals surface area contributed by atoms with Crippen molar-refractivity contribution in [2.24, 2.45) is 0 Å². The van der Waals surface area contributed by atoms with Gasteiger partial charge in [-0.05, 0) is 53.9 Å². The Morgan fingerprint density at radius 2 is 2.33 bits per heavy atom. The van der Waals surface area contributed by atoms with Gasteiger partial charge in [0.15, 0.2) is 0 Å². The maximum absolute atomic E-state index is 5.54. The van der Waals surface area contributed by atoms with E-state index in [1.165, 1.54) is 5.56 Å². The van der Waals surface area contributed by atoms with Gasteiger partial charge in [0.25, 0.3) is 0 Å². The largest absolute Gasteiger partial charge is 0.495 e. The van der Waals surface area contributed by atoms with Crippen molar-refractivity contribution >= 4 is 15.9 Å². The minimum Gasteiger partial charge on any atom is -0.495 e. The number of benzene rings is 1. The molecule has 1 saturated heterocycles. The average Bonchev–Trinajstić information content (AvgIpc) is 2.75. The quantitative estimate of drug-likeness (QED) is 0.906. The molecule has 0 spiro atoms. The van der Waals surface area contributed by atoms with Gasteiger partial charge in [0.05, 0.1) is 17.7 Å². The Balaban J connectivity index is 1.88. The zero-order chi connectivity index (χ0) is 13.0. The molecule has 0 radical (unpaired) electrons. The van der Waals surface area contributed by atoms with Crippen molar-refractivity contribution in [3.63, 3.8) is 0 Å². The predicted octanol–water partition coefficient (Wildman–Crippen LogP) is 2.77. The molecule has 2 atom stereocenters. The van der Waals surface area contributed by atoms with Crippen molar-refractivity contribution in [3.05, 3.63) is 28.2 Å². The first-order chi connectivity index (χ1) is 8.72. The molecule has 4 heteroatoms. The molecule has 100 valence electrons. The average molecular weight is 314 g/mol. The molecule has 1 N–H and O–H groups in total. The minimum absolute atomic E-state index is 0.328. The van der Waals surface area contributed by atoms with E-state index < -0.39 is 0 Å². The van der Waals surface area contributed by atoms with Crippen LogP contribution < -0.4 is 10.1 Å². The number of hydrogen-bond donors (Lipinski definition) is 1. The molecule has 2 unspecified atom stereocenters. The molecule has 1 aliphatic heterocycles. The van der Waals surface area contributed by atoms with Crippen molar-refractivity contribution < 1.29 is 9.47 Å². The molecular formula is C14H20BrNO2. The van der Waals surface area contributed by atoms with Crippen LogP contribution in [0.15, 0.2) is 22.7 Å². The van der Waals surface area contributed by atoms with E-state index in [4.69, 9.17) is 9.47 Å². The van der Waals surface area contributed by atoms with Gasteiger partial charge < -0.3 is 14.8 Å². The Morgan fingerprint density at radius 3 is 3.00 bits per heavy atom. The van der Waals surface area contributed by atoms with Crippen molar-refractivity contribution in [1.29, 1.82) is 0 Å². The number of para-hydroxylation sites is 1. The maximum Gasteiger partial charge on any atom is 0.136 e. The summed E-state index contributed by atoms with van der Waals surface area (Å²) in [6.45, 7) is 3.95. The van der Waals surface area contributed by atoms with E-state index in [2.05, 4.69) is 34.2 Å². The fraction of sp³-hybridized carbons (Fsp3) is 0.571. The summed E-state index contributed by atoms with van der Waals surface area (Å²) in [5.74, 6) is 0.940. The Kier molecular flexibility index (Phi) is 5.03. The highest BCUT2D eigenvalue weighted by atomic mass is 79.9. The van der Waals surface area contributed by atoms with Crippen molar-refractivity contribution in [3.8, 4) is 5.75 Å². The van der Waals surface area contributed by atoms with Crippen LogP contribution in [0.2, 0.25) is 0 Å². The molecule has 0 amide bonds. The van der Waals surface area contributed by atoms with Crippen LogP contribution in [0.25, 0.3) is 0 Å². The lowest BCUT2D eigenvalue weighted by atomic mass is 10.1. The molecule has 1 fully saturated rings. The summed E-state index contributed by atoms with van der Waals surface area (Å²) in [7, 11) is 1.71. The van der Waals surface area contributed by atoms with Crippen LogP contribution >= 0.6 is 15.9 Å². The zero-order valence-corrected chi connectivity index (χ0v) is 12.5. The first-order valence-corrected chi connectivity index (χ1v) is 7.18. The summed E-state index contributed by atoms with van der Waals surface area (Å²) in [6.07, 6.45) is 2.40. The van der Waals surface area contributed by atoms with E-state index >= 15 is 0 Å². The number of methoxy groups -OCH3 is 1. The van der Waals surface area contributed by atoms with Gasteiger partial charge in [0, 0.05) is 12.6 Å². The highest BCUT2D eigenvalue weighted by Crippen LogP contribution is 2.28. The van der Waals surface area contributed by atoms with Crippen LogP contribution in [0, 0.1) is 0 Å². The second-order valence-corrected chi connectivity index (χ2v) is 5.46. The number of hydrogen-bond acceptors (Lipinski definition) is 3. The molecule has 1 aromatic carbocycles. The van der Waals surface area contributed by atoms with Crippen LogP contribution in [0.1, 0.15) is 18.9 Å². The number of rotatable bonds is 5. The van der Waals surface area contributed by atoms with Gasteiger partial charge in [0.2, 0.25) is 0 Å². The third-order valence-corrected chi connectivity index (χ3v) is 4.05. The first-order valence-electron chi connectivity index (χ1n) is 6.38. The van der Waals surface area contributed by atoms with Crippen LogP contribution in [0.3, 0.4) is 0 Å². The molecule has 1 aliphatic rings. The first kappa shape index (κ1) is 13.8. The van der Waals surface area contributed by atoms with E-state index in [1.54, 1.807) is 7.11 Å². The third-order valence-electron chi connectivity index (χ3n) is 3.43. The Bertz CT molecular complexity index is 397. The van der Waals surface area contributed by atoms with Crippen molar-refractivity contribution in [2.45, 2.75) is 31.9 Å². The third kappa shape index (κ3) is 3.25. The van der Waals surface area contributed by atoms with Gasteiger partial charge in [-0.25, -0.2) is 0 Å². The normalized spacial score (nSPS) is 23.3. The molecular weight excluding hydrogens is 294 g/mol. The number of nitrogens with one attached hydrogen (secondary N) is 1. The summed E-state index contributed by atoms with van der Waals surface area (Å²) >= 11 is 3.51. The molecule has 18 heavy (non-hydrogen) atoms. The lowest BCUT2D eigenvalue weighted by Crippen LogP contribution is -2.35. The fourth-order valence-electron chi connectivity index (χ4n) is 2.37. The Morgan fingerprint density at radius 1 is 1.50 bits per heavy atom. The fourth-order valence-corrected chi connectivity index (χ4v) is 2.94. The van der Waals surface area contributed by atoms with E-state index in [-0.39, 0.29) is 0 Å². The lowest BCUT2D eigenvalue weighted by molar-refractivity contribution is 0.113. The van der Waals surface area contributed by atoms with Gasteiger partial charge in [0.1, 0.15) is 5.75 Å². The topological polar surface area (TPSA) is 30.5 Å². The Hall–Kier alpha value is -0.580. The minimum atomic E-state index is 0.328. The predicted molar refractivity (Wildman–Crippen MR) is 76.2 cm³/mol. The van der Waals surface area contributed by atoms with E-state index in [9.17, 15) is 0 Å². The zero-order valence-electron chi connectivity index (χ0n) is 10.9. The molecule has 3 nitrogen and oxygen atoms in total. The Labute approximate surface area is 117 Å². The van der Waals surface area contributed by atoms with Crippen LogP contribution in [-0.2, 0) is 11.2 Å². The van der Waals surface area contributed by atoms with Crippen LogP contribution in [-0.4, -0.2) is 32.4 Å². The lowest BCUT2D eigenvalue weighted by Gasteiger charge is -2.16. The van der Waals surface area contributed by atoms with Gasteiger partial charge >= 0.3 is 0 Å². The molecule has 2 rings (SSSR count). The summed E-state index contributed by atoms with van der Waals surface area (Å²) in [4.78, 5) is 0. The van der Waals surface area contributed by atoms with E-state index in [0.29, 0.717) is 12.1 Å². The van der Waals surface area contributed by atoms with E-state index in [0.717, 1.165) is 36.2 Å². The van der Waals surface area contributed by atoms with Gasteiger partial charge in [-0.3, -0.25) is 0 Å². The standard InChI is InChI=1S/C14H20BrNO2/c1-10-13(7-9-18-10)16-8-6-11-4-3-5-12(15)14(11)17-2/h3-5,10,13,16H,6-9H2,1-2H3. The summed E-state index contributed by atoms with van der Waals surface area (Å²) in [5.41, 5.74) is 1.23. The molecule has 0 saturated carbocycles. The van der Waals surface area contributed by atoms with E-state index in [1.807, 2.05) is 12.1 Å². The van der Waals surface area contributed by atoms with Crippen LogP contribution in [0.5, 0.6) is 5.75 Å². The highest BCUT2D eigenvalue weighted by molar-refractivity contribution is 9.10. The van der Waals surface area contributed by atoms with Crippen LogP contribution in [0.4, 0.5) is 0 Å². The monoisotopic (exact) mass is 313 g/mol. The second-order valence-electron chi connectivity index (χ2n) is 4.61. The molecule has 0 bridgehead atoms. The van der Waals surface area contributed by atoms with Gasteiger partial charge in [-0.15, -0.1) is 0 Å². The highest BCUT2D eigenvalue weighted by Gasteiger charge is 2.23. The number of ether oxygens (including phenoxy) is 2. The SMILES string of the molecule is COc1c(Br)cccc1CCNC1CCOC1C. The van der Waals surface area contributed by atoms with Gasteiger partial charge in [-0.1, -0.05) is 12.1 Å².